The Balaban J connectivity index is 1.27. The number of anilines is 1. The first kappa shape index (κ1) is 19.5. The fourth-order valence-electron chi connectivity index (χ4n) is 3.79. The van der Waals surface area contributed by atoms with Crippen LogP contribution in [0.1, 0.15) is 18.1 Å². The van der Waals surface area contributed by atoms with Crippen LogP contribution in [-0.4, -0.2) is 60.3 Å². The summed E-state index contributed by atoms with van der Waals surface area (Å²) in [5, 5.41) is 13.3. The number of phenolic OH excluding ortho intramolecular Hbond substituents is 1. The average Bonchev–Trinajstić information content (AvgIpc) is 3.17. The molecule has 0 unspecified atom stereocenters. The first-order valence-corrected chi connectivity index (χ1v) is 10.1. The van der Waals surface area contributed by atoms with Gasteiger partial charge >= 0.3 is 0 Å². The maximum absolute atomic E-state index is 12.4. The lowest BCUT2D eigenvalue weighted by Crippen LogP contribution is -2.48. The monoisotopic (exact) mass is 397 g/mol. The Morgan fingerprint density at radius 1 is 1.03 bits per heavy atom. The lowest BCUT2D eigenvalue weighted by atomic mass is 10.1. The van der Waals surface area contributed by atoms with Gasteiger partial charge in [0.05, 0.1) is 6.54 Å². The van der Waals surface area contributed by atoms with Crippen LogP contribution in [-0.2, 0) is 17.8 Å². The Morgan fingerprint density at radius 2 is 1.72 bits per heavy atom. The van der Waals surface area contributed by atoms with Gasteiger partial charge < -0.3 is 19.9 Å². The number of phenols is 1. The number of aromatic hydroxyl groups is 1. The van der Waals surface area contributed by atoms with E-state index in [9.17, 15) is 9.90 Å². The number of nitrogens with one attached hydrogen (secondary N) is 1. The van der Waals surface area contributed by atoms with E-state index in [1.54, 1.807) is 6.07 Å². The van der Waals surface area contributed by atoms with Crippen molar-refractivity contribution in [2.75, 3.05) is 44.8 Å². The van der Waals surface area contributed by atoms with Gasteiger partial charge in [0.1, 0.15) is 5.75 Å². The summed E-state index contributed by atoms with van der Waals surface area (Å²) >= 11 is 0. The maximum atomic E-state index is 12.4. The minimum absolute atomic E-state index is 0.0211. The van der Waals surface area contributed by atoms with Gasteiger partial charge in [-0.3, -0.25) is 14.6 Å². The van der Waals surface area contributed by atoms with Crippen LogP contribution in [0.15, 0.2) is 36.4 Å². The molecule has 2 aromatic rings. The molecule has 0 radical (unpaired) electrons. The second-order valence-electron chi connectivity index (χ2n) is 7.45. The van der Waals surface area contributed by atoms with Gasteiger partial charge in [0, 0.05) is 50.0 Å². The van der Waals surface area contributed by atoms with E-state index in [-0.39, 0.29) is 18.4 Å². The van der Waals surface area contributed by atoms with E-state index >= 15 is 0 Å². The highest BCUT2D eigenvalue weighted by Crippen LogP contribution is 2.38. The first-order valence-electron chi connectivity index (χ1n) is 10.1. The molecular weight excluding hydrogens is 370 g/mol. The molecular formula is C22H27N3O4. The molecule has 2 aliphatic heterocycles. The summed E-state index contributed by atoms with van der Waals surface area (Å²) in [6.07, 6.45) is 0.891. The van der Waals surface area contributed by atoms with Gasteiger partial charge in [0.25, 0.3) is 0 Å². The second-order valence-corrected chi connectivity index (χ2v) is 7.45. The van der Waals surface area contributed by atoms with Gasteiger partial charge in [0.15, 0.2) is 11.5 Å². The van der Waals surface area contributed by atoms with E-state index in [0.29, 0.717) is 24.6 Å². The van der Waals surface area contributed by atoms with Crippen molar-refractivity contribution < 1.29 is 19.4 Å². The van der Waals surface area contributed by atoms with Gasteiger partial charge in [-0.1, -0.05) is 25.1 Å². The number of carbonyl (C=O) groups excluding carboxylic acids is 1. The summed E-state index contributed by atoms with van der Waals surface area (Å²) in [5.74, 6) is 1.52. The lowest BCUT2D eigenvalue weighted by Gasteiger charge is -2.34. The van der Waals surface area contributed by atoms with Crippen molar-refractivity contribution in [3.05, 3.63) is 47.5 Å². The number of hydrogen-bond donors (Lipinski definition) is 2. The van der Waals surface area contributed by atoms with Crippen LogP contribution in [0.4, 0.5) is 5.69 Å². The van der Waals surface area contributed by atoms with Crippen molar-refractivity contribution in [3.63, 3.8) is 0 Å². The molecule has 0 aliphatic carbocycles. The number of carbonyl (C=O) groups is 1. The van der Waals surface area contributed by atoms with E-state index in [1.807, 2.05) is 30.3 Å². The Hall–Kier alpha value is -2.77. The number of ether oxygens (including phenoxy) is 2. The van der Waals surface area contributed by atoms with Crippen molar-refractivity contribution in [2.45, 2.75) is 19.9 Å². The Bertz CT molecular complexity index is 878. The topological polar surface area (TPSA) is 74.3 Å². The maximum Gasteiger partial charge on any atom is 0.238 e. The average molecular weight is 397 g/mol. The standard InChI is InChI=1S/C22H27N3O4/c1-2-16-5-3-4-6-18(16)23-22(27)14-25-9-7-24(8-10-25)13-17-11-20-21(12-19(17)26)29-15-28-20/h3-6,11-12,26H,2,7-10,13-15H2,1H3,(H,23,27). The van der Waals surface area contributed by atoms with Crippen LogP contribution >= 0.6 is 0 Å². The number of fused-ring (bicyclic) bond motifs is 1. The highest BCUT2D eigenvalue weighted by atomic mass is 16.7. The number of amides is 1. The molecule has 7 nitrogen and oxygen atoms in total. The van der Waals surface area contributed by atoms with Crippen molar-refractivity contribution in [1.29, 1.82) is 0 Å². The molecule has 2 aliphatic rings. The van der Waals surface area contributed by atoms with E-state index in [0.717, 1.165) is 49.4 Å². The third-order valence-corrected chi connectivity index (χ3v) is 5.47. The van der Waals surface area contributed by atoms with E-state index < -0.39 is 0 Å². The molecule has 29 heavy (non-hydrogen) atoms. The summed E-state index contributed by atoms with van der Waals surface area (Å²) in [6, 6.07) is 11.4. The molecule has 7 heteroatoms. The predicted molar refractivity (Wildman–Crippen MR) is 110 cm³/mol. The van der Waals surface area contributed by atoms with Gasteiger partial charge in [0.2, 0.25) is 12.7 Å². The third kappa shape index (κ3) is 4.63. The molecule has 154 valence electrons. The van der Waals surface area contributed by atoms with Crippen LogP contribution in [0, 0.1) is 0 Å². The smallest absolute Gasteiger partial charge is 0.238 e. The lowest BCUT2D eigenvalue weighted by molar-refractivity contribution is -0.117. The Morgan fingerprint density at radius 3 is 2.48 bits per heavy atom. The number of aryl methyl sites for hydroxylation is 1. The largest absolute Gasteiger partial charge is 0.507 e. The fourth-order valence-corrected chi connectivity index (χ4v) is 3.79. The van der Waals surface area contributed by atoms with Crippen molar-refractivity contribution in [1.82, 2.24) is 9.80 Å². The van der Waals surface area contributed by atoms with Crippen LogP contribution in [0.25, 0.3) is 0 Å². The molecule has 2 N–H and O–H groups in total. The van der Waals surface area contributed by atoms with Gasteiger partial charge in [-0.15, -0.1) is 0 Å². The number of piperazine rings is 1. The van der Waals surface area contributed by atoms with Crippen LogP contribution in [0.2, 0.25) is 0 Å². The van der Waals surface area contributed by atoms with Crippen LogP contribution < -0.4 is 14.8 Å². The highest BCUT2D eigenvalue weighted by Gasteiger charge is 2.22. The predicted octanol–water partition coefficient (Wildman–Crippen LogP) is 2.44. The molecule has 2 heterocycles. The molecule has 0 aromatic heterocycles. The molecule has 0 spiro atoms. The summed E-state index contributed by atoms with van der Waals surface area (Å²) in [7, 11) is 0. The highest BCUT2D eigenvalue weighted by molar-refractivity contribution is 5.93. The molecule has 2 aromatic carbocycles. The molecule has 1 amide bonds. The fraction of sp³-hybridized carbons (Fsp3) is 0.409. The van der Waals surface area contributed by atoms with Gasteiger partial charge in [-0.25, -0.2) is 0 Å². The summed E-state index contributed by atoms with van der Waals surface area (Å²) in [6.45, 7) is 6.62. The van der Waals surface area contributed by atoms with Crippen LogP contribution in [0.5, 0.6) is 17.2 Å². The van der Waals surface area contributed by atoms with Crippen molar-refractivity contribution >= 4 is 11.6 Å². The molecule has 0 atom stereocenters. The molecule has 1 fully saturated rings. The first-order chi connectivity index (χ1) is 14.1. The number of para-hydroxylation sites is 1. The molecule has 4 rings (SSSR count). The zero-order valence-corrected chi connectivity index (χ0v) is 16.7. The minimum Gasteiger partial charge on any atom is -0.507 e. The number of hydrogen-bond acceptors (Lipinski definition) is 6. The summed E-state index contributed by atoms with van der Waals surface area (Å²) in [4.78, 5) is 16.9. The SMILES string of the molecule is CCc1ccccc1NC(=O)CN1CCN(Cc2cc3c(cc2O)OCO3)CC1. The number of benzene rings is 2. The Kier molecular flexibility index (Phi) is 5.87. The van der Waals surface area contributed by atoms with Crippen molar-refractivity contribution in [2.24, 2.45) is 0 Å². The van der Waals surface area contributed by atoms with Gasteiger partial charge in [-0.2, -0.15) is 0 Å². The van der Waals surface area contributed by atoms with E-state index in [1.165, 1.54) is 0 Å². The van der Waals surface area contributed by atoms with E-state index in [2.05, 4.69) is 22.0 Å². The normalized spacial score (nSPS) is 16.7. The third-order valence-electron chi connectivity index (χ3n) is 5.47. The second kappa shape index (κ2) is 8.71. The molecule has 1 saturated heterocycles. The van der Waals surface area contributed by atoms with Gasteiger partial charge in [-0.05, 0) is 24.1 Å². The minimum atomic E-state index is 0.0211. The Labute approximate surface area is 170 Å². The summed E-state index contributed by atoms with van der Waals surface area (Å²) in [5.41, 5.74) is 2.88. The van der Waals surface area contributed by atoms with Crippen LogP contribution in [0.3, 0.4) is 0 Å². The molecule has 0 saturated carbocycles. The number of nitrogens with zero attached hydrogens (tertiary/aromatic N) is 2. The number of rotatable bonds is 6. The van der Waals surface area contributed by atoms with E-state index in [4.69, 9.17) is 9.47 Å². The molecule has 0 bridgehead atoms. The zero-order chi connectivity index (χ0) is 20.2. The van der Waals surface area contributed by atoms with Crippen molar-refractivity contribution in [3.8, 4) is 17.2 Å². The summed E-state index contributed by atoms with van der Waals surface area (Å²) < 4.78 is 10.7. The zero-order valence-electron chi connectivity index (χ0n) is 16.7. The quantitative estimate of drug-likeness (QED) is 0.780.